The van der Waals surface area contributed by atoms with E-state index in [4.69, 9.17) is 5.11 Å². The summed E-state index contributed by atoms with van der Waals surface area (Å²) < 4.78 is 18.9. The molecule has 0 aliphatic rings. The summed E-state index contributed by atoms with van der Waals surface area (Å²) in [6, 6.07) is 0. The van der Waals surface area contributed by atoms with Crippen molar-refractivity contribution in [3.8, 4) is 0 Å². The average Bonchev–Trinajstić information content (AvgIpc) is 1.35. The zero-order valence-corrected chi connectivity index (χ0v) is 6.90. The molecule has 0 fully saturated rings. The zero-order chi connectivity index (χ0) is 4.99. The van der Waals surface area contributed by atoms with Crippen molar-refractivity contribution in [2.24, 2.45) is 0 Å². The normalized spacial score (nSPS) is 12.3. The van der Waals surface area contributed by atoms with Crippen LogP contribution in [-0.2, 0) is 11.1 Å². The minimum absolute atomic E-state index is 0. The molecule has 0 rings (SSSR count). The van der Waals surface area contributed by atoms with Crippen molar-refractivity contribution in [2.75, 3.05) is 12.4 Å². The Balaban J connectivity index is 0. The Hall–Kier alpha value is 1.07. The summed E-state index contributed by atoms with van der Waals surface area (Å²) in [6.07, 6.45) is 0. The number of hydrogen-bond acceptors (Lipinski definition) is 3. The van der Waals surface area contributed by atoms with E-state index in [2.05, 4.69) is 0 Å². The maximum Gasteiger partial charge on any atom is 1.00 e. The molecule has 0 heterocycles. The maximum absolute atomic E-state index is 9.44. The molecule has 38 valence electrons. The van der Waals surface area contributed by atoms with E-state index in [0.29, 0.717) is 0 Å². The first kappa shape index (κ1) is 10.9. The van der Waals surface area contributed by atoms with Gasteiger partial charge >= 0.3 is 29.6 Å². The van der Waals surface area contributed by atoms with Crippen LogP contribution in [0.15, 0.2) is 0 Å². The molecule has 0 saturated carbocycles. The summed E-state index contributed by atoms with van der Waals surface area (Å²) in [5.41, 5.74) is 0. The second-order valence-corrected chi connectivity index (χ2v) is 1.75. The van der Waals surface area contributed by atoms with E-state index in [1.54, 1.807) is 0 Å². The molecule has 0 saturated heterocycles. The Morgan fingerprint density at radius 2 is 2.14 bits per heavy atom. The standard InChI is InChI=1S/C2H6O3S.Na/c3-1-2-6(4)5;/h3H,1-2H2,(H,4,5);/q;+1/p-1. The minimum Gasteiger partial charge on any atom is -0.772 e. The van der Waals surface area contributed by atoms with Crippen LogP contribution in [-0.4, -0.2) is 26.2 Å². The van der Waals surface area contributed by atoms with Gasteiger partial charge in [-0.05, 0) is 0 Å². The van der Waals surface area contributed by atoms with Crippen LogP contribution >= 0.6 is 0 Å². The van der Waals surface area contributed by atoms with Gasteiger partial charge in [-0.15, -0.1) is 0 Å². The summed E-state index contributed by atoms with van der Waals surface area (Å²) in [5.74, 6) is -0.153. The molecule has 3 nitrogen and oxygen atoms in total. The van der Waals surface area contributed by atoms with Gasteiger partial charge in [0.05, 0.1) is 6.61 Å². The molecule has 0 aromatic heterocycles. The molecular weight excluding hydrogens is 127 g/mol. The van der Waals surface area contributed by atoms with Gasteiger partial charge in [0.15, 0.2) is 0 Å². The van der Waals surface area contributed by atoms with Crippen LogP contribution in [0.2, 0.25) is 0 Å². The van der Waals surface area contributed by atoms with Crippen LogP contribution in [0.25, 0.3) is 0 Å². The van der Waals surface area contributed by atoms with Crippen LogP contribution < -0.4 is 29.6 Å². The largest absolute Gasteiger partial charge is 1.00 e. The van der Waals surface area contributed by atoms with Crippen molar-refractivity contribution in [1.29, 1.82) is 0 Å². The van der Waals surface area contributed by atoms with E-state index >= 15 is 0 Å². The van der Waals surface area contributed by atoms with E-state index in [9.17, 15) is 8.76 Å². The summed E-state index contributed by atoms with van der Waals surface area (Å²) in [6.45, 7) is -0.282. The summed E-state index contributed by atoms with van der Waals surface area (Å²) in [4.78, 5) is 0. The molecule has 1 N–H and O–H groups in total. The molecule has 0 aromatic carbocycles. The molecule has 1 atom stereocenters. The van der Waals surface area contributed by atoms with Gasteiger partial charge in [-0.2, -0.15) is 0 Å². The fourth-order valence-corrected chi connectivity index (χ4v) is 0.224. The number of aliphatic hydroxyl groups is 1. The van der Waals surface area contributed by atoms with Gasteiger partial charge in [0.25, 0.3) is 0 Å². The van der Waals surface area contributed by atoms with Crippen LogP contribution in [0.3, 0.4) is 0 Å². The number of hydrogen-bond donors (Lipinski definition) is 1. The molecule has 0 bridgehead atoms. The zero-order valence-electron chi connectivity index (χ0n) is 4.09. The van der Waals surface area contributed by atoms with Crippen LogP contribution in [0.5, 0.6) is 0 Å². The molecular formula is C2H5NaO3S. The van der Waals surface area contributed by atoms with Gasteiger partial charge in [-0.3, -0.25) is 4.21 Å². The van der Waals surface area contributed by atoms with Crippen LogP contribution in [0, 0.1) is 0 Å². The Labute approximate surface area is 66.7 Å². The monoisotopic (exact) mass is 132 g/mol. The van der Waals surface area contributed by atoms with Crippen molar-refractivity contribution in [2.45, 2.75) is 0 Å². The van der Waals surface area contributed by atoms with Gasteiger partial charge < -0.3 is 9.66 Å². The van der Waals surface area contributed by atoms with Gasteiger partial charge in [0.1, 0.15) is 0 Å². The van der Waals surface area contributed by atoms with E-state index < -0.39 is 11.1 Å². The summed E-state index contributed by atoms with van der Waals surface area (Å²) in [5, 5.41) is 7.84. The van der Waals surface area contributed by atoms with Gasteiger partial charge in [-0.1, -0.05) is 11.1 Å². The Kier molecular flexibility index (Phi) is 11.1. The minimum atomic E-state index is -2.07. The van der Waals surface area contributed by atoms with Crippen molar-refractivity contribution in [3.63, 3.8) is 0 Å². The Morgan fingerprint density at radius 1 is 1.71 bits per heavy atom. The van der Waals surface area contributed by atoms with E-state index in [0.717, 1.165) is 0 Å². The second kappa shape index (κ2) is 7.07. The smallest absolute Gasteiger partial charge is 0.772 e. The van der Waals surface area contributed by atoms with Crippen molar-refractivity contribution in [3.05, 3.63) is 0 Å². The topological polar surface area (TPSA) is 60.4 Å². The quantitative estimate of drug-likeness (QED) is 0.306. The molecule has 0 aliphatic carbocycles. The second-order valence-electron chi connectivity index (χ2n) is 0.731. The van der Waals surface area contributed by atoms with E-state index in [1.165, 1.54) is 0 Å². The number of rotatable bonds is 2. The summed E-state index contributed by atoms with van der Waals surface area (Å²) >= 11 is -2.07. The van der Waals surface area contributed by atoms with Crippen molar-refractivity contribution >= 4 is 11.1 Å². The number of aliphatic hydroxyl groups excluding tert-OH is 1. The van der Waals surface area contributed by atoms with Crippen molar-refractivity contribution < 1.29 is 43.4 Å². The predicted octanol–water partition coefficient (Wildman–Crippen LogP) is -4.14. The maximum atomic E-state index is 9.44. The SMILES string of the molecule is O=S([O-])CCO.[Na+]. The molecule has 7 heavy (non-hydrogen) atoms. The molecule has 0 amide bonds. The Bertz CT molecular complexity index is 56.9. The van der Waals surface area contributed by atoms with E-state index in [-0.39, 0.29) is 41.9 Å². The fourth-order valence-electron chi connectivity index (χ4n) is 0.0745. The first-order chi connectivity index (χ1) is 2.77. The molecule has 0 aromatic rings. The molecule has 0 aliphatic heterocycles. The molecule has 0 spiro atoms. The first-order valence-electron chi connectivity index (χ1n) is 1.44. The molecule has 5 heteroatoms. The third-order valence-electron chi connectivity index (χ3n) is 0.258. The average molecular weight is 132 g/mol. The van der Waals surface area contributed by atoms with Crippen molar-refractivity contribution in [1.82, 2.24) is 0 Å². The predicted molar refractivity (Wildman–Crippen MR) is 20.9 cm³/mol. The third kappa shape index (κ3) is 11.0. The van der Waals surface area contributed by atoms with Gasteiger partial charge in [0, 0.05) is 5.75 Å². The van der Waals surface area contributed by atoms with Crippen LogP contribution in [0.1, 0.15) is 0 Å². The Morgan fingerprint density at radius 3 is 2.14 bits per heavy atom. The van der Waals surface area contributed by atoms with Crippen LogP contribution in [0.4, 0.5) is 0 Å². The molecule has 1 unspecified atom stereocenters. The van der Waals surface area contributed by atoms with E-state index in [1.807, 2.05) is 0 Å². The summed E-state index contributed by atoms with van der Waals surface area (Å²) in [7, 11) is 0. The third-order valence-corrected chi connectivity index (χ3v) is 0.774. The first-order valence-corrected chi connectivity index (χ1v) is 2.68. The fraction of sp³-hybridized carbons (Fsp3) is 1.00. The molecule has 0 radical (unpaired) electrons. The van der Waals surface area contributed by atoms with Gasteiger partial charge in [0.2, 0.25) is 0 Å². The van der Waals surface area contributed by atoms with Gasteiger partial charge in [-0.25, -0.2) is 0 Å².